The minimum Gasteiger partial charge on any atom is -0.127 e. The molecule has 0 rings (SSSR count). The van der Waals surface area contributed by atoms with Crippen LogP contribution in [0.1, 0.15) is 51.9 Å². The van der Waals surface area contributed by atoms with E-state index in [1.54, 1.807) is 0 Å². The molecule has 0 aromatic rings. The van der Waals surface area contributed by atoms with E-state index in [4.69, 9.17) is 11.6 Å². The van der Waals surface area contributed by atoms with Crippen LogP contribution in [-0.2, 0) is 0 Å². The number of allylic oxidation sites excluding steroid dienone is 2. The van der Waals surface area contributed by atoms with Crippen LogP contribution in [0.25, 0.3) is 0 Å². The van der Waals surface area contributed by atoms with E-state index in [1.807, 2.05) is 0 Å². The van der Waals surface area contributed by atoms with Crippen LogP contribution in [0.4, 0.5) is 0 Å². The number of hydrogen-bond donors (Lipinski definition) is 0. The van der Waals surface area contributed by atoms with E-state index in [0.717, 1.165) is 5.88 Å². The molecule has 1 heteroatoms. The number of hydrogen-bond acceptors (Lipinski definition) is 0. The minimum atomic E-state index is 0.832. The summed E-state index contributed by atoms with van der Waals surface area (Å²) in [6, 6.07) is 0. The predicted octanol–water partition coefficient (Wildman–Crippen LogP) is 4.53. The average Bonchev–Trinajstić information content (AvgIpc) is 2.10. The molecule has 0 unspecified atom stereocenters. The van der Waals surface area contributed by atoms with Crippen molar-refractivity contribution < 1.29 is 0 Å². The number of alkyl halides is 1. The summed E-state index contributed by atoms with van der Waals surface area (Å²) in [4.78, 5) is 0. The van der Waals surface area contributed by atoms with Crippen molar-refractivity contribution in [1.82, 2.24) is 0 Å². The van der Waals surface area contributed by atoms with Crippen molar-refractivity contribution in [1.29, 1.82) is 0 Å². The molecule has 0 aromatic carbocycles. The summed E-state index contributed by atoms with van der Waals surface area (Å²) in [5, 5.41) is 0. The highest BCUT2D eigenvalue weighted by Gasteiger charge is 1.88. The first kappa shape index (κ1) is 12.0. The van der Waals surface area contributed by atoms with Crippen LogP contribution in [0.3, 0.4) is 0 Å². The average molecular weight is 189 g/mol. The Balaban J connectivity index is 2.81. The fourth-order valence-electron chi connectivity index (χ4n) is 1.23. The number of unbranched alkanes of at least 4 members (excludes halogenated alkanes) is 6. The molecule has 0 aliphatic heterocycles. The second-order valence-electron chi connectivity index (χ2n) is 3.17. The molecule has 0 saturated carbocycles. The molecule has 0 bridgehead atoms. The minimum absolute atomic E-state index is 0.832. The molecule has 0 spiro atoms. The van der Waals surface area contributed by atoms with Gasteiger partial charge in [0.1, 0.15) is 0 Å². The van der Waals surface area contributed by atoms with Crippen molar-refractivity contribution in [3.05, 3.63) is 12.2 Å². The Hall–Kier alpha value is 0.0300. The van der Waals surface area contributed by atoms with E-state index >= 15 is 0 Å². The molecule has 0 N–H and O–H groups in total. The maximum Gasteiger partial charge on any atom is 0.0223 e. The lowest BCUT2D eigenvalue weighted by Crippen LogP contribution is -1.80. The fourth-order valence-corrected chi connectivity index (χ4v) is 1.42. The van der Waals surface area contributed by atoms with E-state index < -0.39 is 0 Å². The quantitative estimate of drug-likeness (QED) is 0.298. The third-order valence-corrected chi connectivity index (χ3v) is 2.26. The maximum absolute atomic E-state index is 5.57. The van der Waals surface area contributed by atoms with Gasteiger partial charge in [-0.2, -0.15) is 0 Å². The van der Waals surface area contributed by atoms with Crippen LogP contribution < -0.4 is 0 Å². The lowest BCUT2D eigenvalue weighted by molar-refractivity contribution is 0.612. The summed E-state index contributed by atoms with van der Waals surface area (Å²) >= 11 is 5.57. The molecule has 0 atom stereocenters. The summed E-state index contributed by atoms with van der Waals surface area (Å²) in [5.41, 5.74) is 0. The van der Waals surface area contributed by atoms with Gasteiger partial charge in [0.05, 0.1) is 0 Å². The van der Waals surface area contributed by atoms with Crippen molar-refractivity contribution in [2.75, 3.05) is 5.88 Å². The zero-order valence-corrected chi connectivity index (χ0v) is 8.95. The van der Waals surface area contributed by atoms with Gasteiger partial charge in [-0.15, -0.1) is 11.6 Å². The van der Waals surface area contributed by atoms with Gasteiger partial charge < -0.3 is 0 Å². The van der Waals surface area contributed by atoms with Crippen molar-refractivity contribution in [2.45, 2.75) is 51.9 Å². The van der Waals surface area contributed by atoms with Gasteiger partial charge in [-0.1, -0.05) is 37.8 Å². The second kappa shape index (κ2) is 11.0. The first-order valence-corrected chi connectivity index (χ1v) is 5.62. The Labute approximate surface area is 82.0 Å². The van der Waals surface area contributed by atoms with Gasteiger partial charge >= 0.3 is 0 Å². The van der Waals surface area contributed by atoms with Crippen LogP contribution in [0.5, 0.6) is 0 Å². The third kappa shape index (κ3) is 10.0. The maximum atomic E-state index is 5.57. The first-order valence-electron chi connectivity index (χ1n) is 5.09. The molecule has 0 nitrogen and oxygen atoms in total. The van der Waals surface area contributed by atoms with E-state index in [0.29, 0.717) is 0 Å². The monoisotopic (exact) mass is 188 g/mol. The zero-order valence-electron chi connectivity index (χ0n) is 8.19. The normalized spacial score (nSPS) is 11.2. The first-order chi connectivity index (χ1) is 5.91. The van der Waals surface area contributed by atoms with Gasteiger partial charge in [-0.25, -0.2) is 0 Å². The van der Waals surface area contributed by atoms with Crippen LogP contribution in [-0.4, -0.2) is 5.88 Å². The summed E-state index contributed by atoms with van der Waals surface area (Å²) in [7, 11) is 0. The largest absolute Gasteiger partial charge is 0.127 e. The van der Waals surface area contributed by atoms with Crippen LogP contribution >= 0.6 is 11.6 Å². The predicted molar refractivity (Wildman–Crippen MR) is 57.9 cm³/mol. The Morgan fingerprint density at radius 3 is 2.08 bits per heavy atom. The lowest BCUT2D eigenvalue weighted by atomic mass is 10.1. The fraction of sp³-hybridized carbons (Fsp3) is 0.818. The van der Waals surface area contributed by atoms with Gasteiger partial charge in [0, 0.05) is 5.88 Å². The molecule has 0 amide bonds. The van der Waals surface area contributed by atoms with Gasteiger partial charge in [0.15, 0.2) is 0 Å². The van der Waals surface area contributed by atoms with Gasteiger partial charge in [-0.05, 0) is 26.2 Å². The lowest BCUT2D eigenvalue weighted by Gasteiger charge is -1.97. The van der Waals surface area contributed by atoms with E-state index in [9.17, 15) is 0 Å². The van der Waals surface area contributed by atoms with E-state index in [1.165, 1.54) is 44.9 Å². The Bertz CT molecular complexity index is 97.2. The number of halogens is 1. The van der Waals surface area contributed by atoms with E-state index in [-0.39, 0.29) is 0 Å². The van der Waals surface area contributed by atoms with Crippen molar-refractivity contribution >= 4 is 11.6 Å². The molecular weight excluding hydrogens is 168 g/mol. The smallest absolute Gasteiger partial charge is 0.0223 e. The van der Waals surface area contributed by atoms with Gasteiger partial charge in [0.2, 0.25) is 0 Å². The molecule has 0 fully saturated rings. The Kier molecular flexibility index (Phi) is 11.1. The molecule has 12 heavy (non-hydrogen) atoms. The summed E-state index contributed by atoms with van der Waals surface area (Å²) in [6.45, 7) is 2.08. The number of rotatable bonds is 8. The molecule has 0 aliphatic rings. The third-order valence-electron chi connectivity index (χ3n) is 1.99. The molecule has 0 aromatic heterocycles. The van der Waals surface area contributed by atoms with Crippen LogP contribution in [0.2, 0.25) is 0 Å². The van der Waals surface area contributed by atoms with Gasteiger partial charge in [0.25, 0.3) is 0 Å². The molecular formula is C11H21Cl. The molecule has 72 valence electrons. The van der Waals surface area contributed by atoms with E-state index in [2.05, 4.69) is 19.1 Å². The van der Waals surface area contributed by atoms with Gasteiger partial charge in [-0.3, -0.25) is 0 Å². The van der Waals surface area contributed by atoms with Crippen LogP contribution in [0.15, 0.2) is 12.2 Å². The summed E-state index contributed by atoms with van der Waals surface area (Å²) in [5.74, 6) is 0.832. The van der Waals surface area contributed by atoms with Crippen molar-refractivity contribution in [3.63, 3.8) is 0 Å². The zero-order chi connectivity index (χ0) is 9.07. The molecule has 0 heterocycles. The molecule has 0 radical (unpaired) electrons. The molecule has 0 saturated heterocycles. The van der Waals surface area contributed by atoms with Crippen molar-refractivity contribution in [2.24, 2.45) is 0 Å². The van der Waals surface area contributed by atoms with Crippen molar-refractivity contribution in [3.8, 4) is 0 Å². The summed E-state index contributed by atoms with van der Waals surface area (Å²) < 4.78 is 0. The second-order valence-corrected chi connectivity index (χ2v) is 3.55. The SMILES string of the molecule is CC=CCCCCCCCCCl. The van der Waals surface area contributed by atoms with Crippen LogP contribution in [0, 0.1) is 0 Å². The standard InChI is InChI=1S/C11H21Cl/c1-2-3-4-5-6-7-8-9-10-11-12/h2-3H,4-11H2,1H3. The summed E-state index contributed by atoms with van der Waals surface area (Å²) in [6.07, 6.45) is 13.6. The highest BCUT2D eigenvalue weighted by Crippen LogP contribution is 2.07. The topological polar surface area (TPSA) is 0 Å². The highest BCUT2D eigenvalue weighted by molar-refractivity contribution is 6.17. The Morgan fingerprint density at radius 1 is 0.917 bits per heavy atom. The Morgan fingerprint density at radius 2 is 1.50 bits per heavy atom. The highest BCUT2D eigenvalue weighted by atomic mass is 35.5. The molecule has 0 aliphatic carbocycles.